The number of carboxylic acid groups (broad SMARTS) is 1. The zero-order valence-electron chi connectivity index (χ0n) is 11.9. The molecule has 2 aromatic rings. The fourth-order valence-corrected chi connectivity index (χ4v) is 2.05. The van der Waals surface area contributed by atoms with Gasteiger partial charge in [-0.15, -0.1) is 0 Å². The van der Waals surface area contributed by atoms with Crippen molar-refractivity contribution in [3.63, 3.8) is 0 Å². The van der Waals surface area contributed by atoms with Gasteiger partial charge in [0.1, 0.15) is 0 Å². The number of nitrogens with one attached hydrogen (secondary N) is 1. The number of carbonyl (C=O) groups excluding carboxylic acids is 1. The normalized spacial score (nSPS) is 11.1. The van der Waals surface area contributed by atoms with Crippen LogP contribution in [-0.4, -0.2) is 17.0 Å². The number of hydrogen-bond acceptors (Lipinski definition) is 2. The fourth-order valence-electron chi connectivity index (χ4n) is 2.05. The summed E-state index contributed by atoms with van der Waals surface area (Å²) in [4.78, 5) is 22.3. The molecule has 0 aliphatic rings. The molecule has 120 valence electrons. The van der Waals surface area contributed by atoms with E-state index in [9.17, 15) is 27.9 Å². The maximum atomic E-state index is 12.5. The highest BCUT2D eigenvalue weighted by molar-refractivity contribution is 6.01. The molecular weight excluding hydrogens is 311 g/mol. The molecule has 7 heteroatoms. The summed E-state index contributed by atoms with van der Waals surface area (Å²) in [6.45, 7) is 1.25. The lowest BCUT2D eigenvalue weighted by atomic mass is 10.0. The molecule has 0 bridgehead atoms. The summed E-state index contributed by atoms with van der Waals surface area (Å²) in [5.74, 6) is -1.67. The molecule has 0 heterocycles. The summed E-state index contributed by atoms with van der Waals surface area (Å²) in [6, 6.07) is 8.62. The Morgan fingerprint density at radius 2 is 1.57 bits per heavy atom. The highest BCUT2D eigenvalue weighted by Gasteiger charge is 2.30. The average molecular weight is 323 g/mol. The number of aromatic carboxylic acids is 1. The SMILES string of the molecule is CC(=O)Nc1ccc(-c2ccc(C(F)(F)F)cc2)cc1C(=O)O. The van der Waals surface area contributed by atoms with Crippen LogP contribution in [0.2, 0.25) is 0 Å². The van der Waals surface area contributed by atoms with Gasteiger partial charge in [0.15, 0.2) is 0 Å². The molecule has 4 nitrogen and oxygen atoms in total. The number of hydrogen-bond donors (Lipinski definition) is 2. The van der Waals surface area contributed by atoms with Crippen molar-refractivity contribution in [2.75, 3.05) is 5.32 Å². The molecule has 0 aliphatic carbocycles. The first kappa shape index (κ1) is 16.5. The van der Waals surface area contributed by atoms with Crippen LogP contribution in [0, 0.1) is 0 Å². The quantitative estimate of drug-likeness (QED) is 0.896. The first-order valence-corrected chi connectivity index (χ1v) is 6.51. The average Bonchev–Trinajstić information content (AvgIpc) is 2.46. The van der Waals surface area contributed by atoms with E-state index in [2.05, 4.69) is 5.32 Å². The Morgan fingerprint density at radius 3 is 2.04 bits per heavy atom. The molecule has 0 fully saturated rings. The third-order valence-electron chi connectivity index (χ3n) is 3.11. The van der Waals surface area contributed by atoms with Gasteiger partial charge in [0.05, 0.1) is 16.8 Å². The number of carboxylic acids is 1. The molecule has 0 radical (unpaired) electrons. The Morgan fingerprint density at radius 1 is 1.00 bits per heavy atom. The summed E-state index contributed by atoms with van der Waals surface area (Å²) < 4.78 is 37.6. The van der Waals surface area contributed by atoms with Crippen molar-refractivity contribution >= 4 is 17.6 Å². The summed E-state index contributed by atoms with van der Waals surface area (Å²) in [6.07, 6.45) is -4.43. The van der Waals surface area contributed by atoms with E-state index in [1.165, 1.54) is 37.3 Å². The van der Waals surface area contributed by atoms with E-state index in [1.54, 1.807) is 0 Å². The van der Waals surface area contributed by atoms with Crippen molar-refractivity contribution in [3.8, 4) is 11.1 Å². The van der Waals surface area contributed by atoms with E-state index in [4.69, 9.17) is 0 Å². The van der Waals surface area contributed by atoms with Crippen LogP contribution in [0.3, 0.4) is 0 Å². The molecule has 0 atom stereocenters. The van der Waals surface area contributed by atoms with Crippen molar-refractivity contribution in [2.24, 2.45) is 0 Å². The van der Waals surface area contributed by atoms with Gasteiger partial charge in [0.2, 0.25) is 5.91 Å². The Labute approximate surface area is 129 Å². The van der Waals surface area contributed by atoms with Crippen molar-refractivity contribution in [1.82, 2.24) is 0 Å². The van der Waals surface area contributed by atoms with Crippen LogP contribution in [0.4, 0.5) is 18.9 Å². The Balaban J connectivity index is 2.42. The summed E-state index contributed by atoms with van der Waals surface area (Å²) in [7, 11) is 0. The maximum Gasteiger partial charge on any atom is 0.416 e. The van der Waals surface area contributed by atoms with Gasteiger partial charge in [0.25, 0.3) is 0 Å². The third-order valence-corrected chi connectivity index (χ3v) is 3.11. The van der Waals surface area contributed by atoms with Gasteiger partial charge in [-0.05, 0) is 35.4 Å². The van der Waals surface area contributed by atoms with Crippen molar-refractivity contribution in [3.05, 3.63) is 53.6 Å². The fraction of sp³-hybridized carbons (Fsp3) is 0.125. The molecule has 2 aromatic carbocycles. The lowest BCUT2D eigenvalue weighted by Crippen LogP contribution is -2.10. The monoisotopic (exact) mass is 323 g/mol. The molecule has 0 spiro atoms. The first-order valence-electron chi connectivity index (χ1n) is 6.51. The van der Waals surface area contributed by atoms with Crippen LogP contribution in [0.15, 0.2) is 42.5 Å². The molecule has 0 aliphatic heterocycles. The van der Waals surface area contributed by atoms with E-state index in [-0.39, 0.29) is 11.3 Å². The van der Waals surface area contributed by atoms with Crippen molar-refractivity contribution < 1.29 is 27.9 Å². The van der Waals surface area contributed by atoms with Gasteiger partial charge in [0, 0.05) is 6.92 Å². The van der Waals surface area contributed by atoms with Gasteiger partial charge in [-0.3, -0.25) is 4.79 Å². The second-order valence-corrected chi connectivity index (χ2v) is 4.82. The van der Waals surface area contributed by atoms with Gasteiger partial charge >= 0.3 is 12.1 Å². The number of rotatable bonds is 3. The van der Waals surface area contributed by atoms with Gasteiger partial charge in [-0.1, -0.05) is 18.2 Å². The number of alkyl halides is 3. The summed E-state index contributed by atoms with van der Waals surface area (Å²) in [5.41, 5.74) is 0.0768. The molecule has 23 heavy (non-hydrogen) atoms. The zero-order chi connectivity index (χ0) is 17.2. The number of anilines is 1. The van der Waals surface area contributed by atoms with E-state index in [1.807, 2.05) is 0 Å². The lowest BCUT2D eigenvalue weighted by molar-refractivity contribution is -0.137. The number of halogens is 3. The van der Waals surface area contributed by atoms with Crippen LogP contribution in [0.25, 0.3) is 11.1 Å². The van der Waals surface area contributed by atoms with Crippen LogP contribution >= 0.6 is 0 Å². The van der Waals surface area contributed by atoms with Gasteiger partial charge < -0.3 is 10.4 Å². The number of benzene rings is 2. The Bertz CT molecular complexity index is 752. The molecule has 0 saturated carbocycles. The van der Waals surface area contributed by atoms with Gasteiger partial charge in [-0.2, -0.15) is 13.2 Å². The van der Waals surface area contributed by atoms with Crippen LogP contribution < -0.4 is 5.32 Å². The maximum absolute atomic E-state index is 12.5. The van der Waals surface area contributed by atoms with Crippen molar-refractivity contribution in [1.29, 1.82) is 0 Å². The summed E-state index contributed by atoms with van der Waals surface area (Å²) in [5, 5.41) is 11.6. The van der Waals surface area contributed by atoms with Crippen LogP contribution in [0.5, 0.6) is 0 Å². The minimum Gasteiger partial charge on any atom is -0.478 e. The molecular formula is C16H12F3NO3. The molecule has 1 amide bonds. The van der Waals surface area contributed by atoms with E-state index >= 15 is 0 Å². The predicted octanol–water partition coefficient (Wildman–Crippen LogP) is 4.03. The third kappa shape index (κ3) is 3.88. The molecule has 2 N–H and O–H groups in total. The first-order chi connectivity index (χ1) is 10.7. The Hall–Kier alpha value is -2.83. The van der Waals surface area contributed by atoms with E-state index < -0.39 is 23.6 Å². The van der Waals surface area contributed by atoms with E-state index in [0.717, 1.165) is 12.1 Å². The smallest absolute Gasteiger partial charge is 0.416 e. The number of carbonyl (C=O) groups is 2. The Kier molecular flexibility index (Phi) is 4.40. The predicted molar refractivity (Wildman–Crippen MR) is 78.1 cm³/mol. The molecule has 0 unspecified atom stereocenters. The topological polar surface area (TPSA) is 66.4 Å². The number of amides is 1. The minimum atomic E-state index is -4.43. The lowest BCUT2D eigenvalue weighted by Gasteiger charge is -2.11. The zero-order valence-corrected chi connectivity index (χ0v) is 11.9. The largest absolute Gasteiger partial charge is 0.478 e. The van der Waals surface area contributed by atoms with Crippen LogP contribution in [-0.2, 0) is 11.0 Å². The molecule has 2 rings (SSSR count). The highest BCUT2D eigenvalue weighted by Crippen LogP contribution is 2.32. The van der Waals surface area contributed by atoms with Crippen molar-refractivity contribution in [2.45, 2.75) is 13.1 Å². The van der Waals surface area contributed by atoms with Gasteiger partial charge in [-0.25, -0.2) is 4.79 Å². The summed E-state index contributed by atoms with van der Waals surface area (Å²) >= 11 is 0. The second-order valence-electron chi connectivity index (χ2n) is 4.82. The molecule has 0 saturated heterocycles. The van der Waals surface area contributed by atoms with E-state index in [0.29, 0.717) is 11.1 Å². The van der Waals surface area contributed by atoms with Crippen LogP contribution in [0.1, 0.15) is 22.8 Å². The standard InChI is InChI=1S/C16H12F3NO3/c1-9(21)20-14-7-4-11(8-13(14)15(22)23)10-2-5-12(6-3-10)16(17,18)19/h2-8H,1H3,(H,20,21)(H,22,23). The highest BCUT2D eigenvalue weighted by atomic mass is 19.4. The minimum absolute atomic E-state index is 0.126. The molecule has 0 aromatic heterocycles. The second kappa shape index (κ2) is 6.12.